The zero-order valence-corrected chi connectivity index (χ0v) is 32.3. The van der Waals surface area contributed by atoms with Crippen molar-refractivity contribution in [3.05, 3.63) is 176 Å². The Morgan fingerprint density at radius 1 is 0.642 bits per heavy atom. The van der Waals surface area contributed by atoms with Crippen LogP contribution in [-0.4, -0.2) is 24.6 Å². The molecule has 4 heterocycles. The maximum atomic E-state index is 6.68. The molecule has 8 aromatic rings. The van der Waals surface area contributed by atoms with Crippen molar-refractivity contribution in [1.82, 2.24) is 9.55 Å². The van der Waals surface area contributed by atoms with Crippen LogP contribution in [0.15, 0.2) is 158 Å². The molecule has 0 N–H and O–H groups in total. The van der Waals surface area contributed by atoms with Crippen LogP contribution in [0.2, 0.25) is 13.1 Å². The van der Waals surface area contributed by atoms with E-state index in [0.717, 1.165) is 45.2 Å². The van der Waals surface area contributed by atoms with Gasteiger partial charge >= 0.3 is 6.98 Å². The number of pyridine rings is 1. The zero-order chi connectivity index (χ0) is 34.8. The van der Waals surface area contributed by atoms with Crippen LogP contribution in [-0.2, 0) is 21.1 Å². The summed E-state index contributed by atoms with van der Waals surface area (Å²) in [5, 5.41) is 2.69. The summed E-state index contributed by atoms with van der Waals surface area (Å²) in [5.74, 6) is 2.06. The summed E-state index contributed by atoms with van der Waals surface area (Å²) in [5.41, 5.74) is 8.51. The van der Waals surface area contributed by atoms with Crippen LogP contribution >= 0.6 is 0 Å². The molecule has 6 nitrogen and oxygen atoms in total. The molecule has 0 aliphatic carbocycles. The smallest absolute Gasteiger partial charge is 0.408 e. The van der Waals surface area contributed by atoms with Crippen molar-refractivity contribution in [3.8, 4) is 22.9 Å². The number of imidazole rings is 1. The molecule has 0 amide bonds. The van der Waals surface area contributed by atoms with E-state index in [1.165, 1.54) is 15.9 Å². The number of rotatable bonds is 6. The van der Waals surface area contributed by atoms with Gasteiger partial charge in [0.2, 0.25) is 0 Å². The van der Waals surface area contributed by atoms with Crippen molar-refractivity contribution < 1.29 is 30.4 Å². The third kappa shape index (κ3) is 5.35. The Labute approximate surface area is 325 Å². The Morgan fingerprint density at radius 2 is 1.32 bits per heavy atom. The van der Waals surface area contributed by atoms with Crippen molar-refractivity contribution in [2.45, 2.75) is 13.1 Å². The summed E-state index contributed by atoms with van der Waals surface area (Å²) >= 11 is 0. The Bertz CT molecular complexity index is 2610. The summed E-state index contributed by atoms with van der Waals surface area (Å²) in [6, 6.07) is 59.9. The summed E-state index contributed by atoms with van der Waals surface area (Å²) in [4.78, 5) is 9.43. The van der Waals surface area contributed by atoms with E-state index >= 15 is 0 Å². The molecule has 0 radical (unpaired) electrons. The van der Waals surface area contributed by atoms with Crippen LogP contribution in [0.3, 0.4) is 0 Å². The van der Waals surface area contributed by atoms with Crippen LogP contribution in [0, 0.1) is 18.5 Å². The number of anilines is 4. The Morgan fingerprint density at radius 3 is 2.06 bits per heavy atom. The number of nitrogens with zero attached hydrogens (tertiary/aromatic N) is 5. The second-order valence-electron chi connectivity index (χ2n) is 13.7. The molecule has 0 saturated heterocycles. The fourth-order valence-electron chi connectivity index (χ4n) is 7.85. The maximum Gasteiger partial charge on any atom is 0.408 e. The van der Waals surface area contributed by atoms with E-state index in [2.05, 4.69) is 160 Å². The fourth-order valence-corrected chi connectivity index (χ4v) is 10.8. The number of benzene rings is 6. The molecule has 2 aromatic heterocycles. The molecular formula is C44H32BN5OPtSi-2. The number of hydrogen-bond acceptors (Lipinski definition) is 4. The SMILES string of the molecule is C[Si]1(C)c2ccc(Oc3[c-]c4c(cc3)N(c3ccccc3)B(c3ccccc3)N4c3ccccn3)[c-]c2-n2[c-][n+](-c3ccccc3)c3cccc1c32.[Pt]. The van der Waals surface area contributed by atoms with Crippen LogP contribution in [0.25, 0.3) is 22.4 Å². The number of fused-ring (bicyclic) bond motifs is 3. The van der Waals surface area contributed by atoms with Crippen molar-refractivity contribution in [2.75, 3.05) is 9.62 Å². The monoisotopic (exact) mass is 880 g/mol. The molecule has 9 heteroatoms. The van der Waals surface area contributed by atoms with Crippen molar-refractivity contribution in [2.24, 2.45) is 0 Å². The molecular weight excluding hydrogens is 848 g/mol. The molecule has 0 bridgehead atoms. The summed E-state index contributed by atoms with van der Waals surface area (Å²) in [6.07, 6.45) is 5.51. The molecule has 0 fully saturated rings. The van der Waals surface area contributed by atoms with Crippen LogP contribution < -0.4 is 34.8 Å². The van der Waals surface area contributed by atoms with Gasteiger partial charge in [-0.2, -0.15) is 6.07 Å². The second kappa shape index (κ2) is 13.1. The first-order valence-corrected chi connectivity index (χ1v) is 20.5. The first kappa shape index (κ1) is 33.2. The molecule has 6 aromatic carbocycles. The quantitative estimate of drug-likeness (QED) is 0.0999. The minimum Gasteiger partial charge on any atom is -0.510 e. The Hall–Kier alpha value is -5.69. The molecule has 2 aliphatic heterocycles. The van der Waals surface area contributed by atoms with Gasteiger partial charge in [0.15, 0.2) is 0 Å². The fraction of sp³-hybridized carbons (Fsp3) is 0.0455. The van der Waals surface area contributed by atoms with Crippen molar-refractivity contribution >= 4 is 64.8 Å². The average molecular weight is 881 g/mol. The van der Waals surface area contributed by atoms with Crippen molar-refractivity contribution in [1.29, 1.82) is 0 Å². The van der Waals surface area contributed by atoms with Gasteiger partial charge in [0.25, 0.3) is 6.33 Å². The van der Waals surface area contributed by atoms with E-state index in [0.29, 0.717) is 11.5 Å². The van der Waals surface area contributed by atoms with Gasteiger partial charge in [0.1, 0.15) is 5.82 Å². The standard InChI is InChI=1S/C44H32BN5OSi.Pt/c1-52(2)41-27-25-36(30-40(41)48-31-47(33-17-8-4-9-18-33)38-21-14-22-42(52)44(38)48)51-35-24-26-37-39(29-35)50(43-23-12-13-28-46-43)45(32-15-6-3-7-16-32)49(37)34-19-10-5-11-20-34;/h3-28H,1-2H3;/q-2;. The minimum atomic E-state index is -2.07. The van der Waals surface area contributed by atoms with Gasteiger partial charge in [0.05, 0.1) is 16.7 Å². The molecule has 258 valence electrons. The molecule has 53 heavy (non-hydrogen) atoms. The van der Waals surface area contributed by atoms with Crippen LogP contribution in [0.5, 0.6) is 11.5 Å². The van der Waals surface area contributed by atoms with Gasteiger partial charge in [-0.3, -0.25) is 4.57 Å². The summed E-state index contributed by atoms with van der Waals surface area (Å²) in [6.45, 7) is 4.64. The third-order valence-corrected chi connectivity index (χ3v) is 13.8. The van der Waals surface area contributed by atoms with Gasteiger partial charge < -0.3 is 18.9 Å². The topological polar surface area (TPSA) is 37.4 Å². The summed E-state index contributed by atoms with van der Waals surface area (Å²) < 4.78 is 11.0. The molecule has 0 atom stereocenters. The normalized spacial score (nSPS) is 13.7. The predicted molar refractivity (Wildman–Crippen MR) is 211 cm³/mol. The number of para-hydroxylation sites is 3. The molecule has 2 aliphatic rings. The van der Waals surface area contributed by atoms with Crippen LogP contribution in [0.4, 0.5) is 22.9 Å². The van der Waals surface area contributed by atoms with E-state index in [9.17, 15) is 0 Å². The predicted octanol–water partition coefficient (Wildman–Crippen LogP) is 7.31. The number of ether oxygens (including phenoxy) is 1. The van der Waals surface area contributed by atoms with E-state index in [1.54, 1.807) is 0 Å². The maximum absolute atomic E-state index is 6.68. The Kier molecular flexibility index (Phi) is 8.17. The van der Waals surface area contributed by atoms with E-state index in [1.807, 2.05) is 48.7 Å². The van der Waals surface area contributed by atoms with Crippen molar-refractivity contribution in [3.63, 3.8) is 0 Å². The summed E-state index contributed by atoms with van der Waals surface area (Å²) in [7, 11) is -2.07. The first-order valence-electron chi connectivity index (χ1n) is 17.5. The Balaban J connectivity index is 0.00000372. The number of hydrogen-bond donors (Lipinski definition) is 0. The first-order chi connectivity index (χ1) is 25.6. The molecule has 0 unspecified atom stereocenters. The number of aromatic nitrogens is 3. The third-order valence-electron chi connectivity index (χ3n) is 10.3. The van der Waals surface area contributed by atoms with E-state index < -0.39 is 8.07 Å². The van der Waals surface area contributed by atoms with E-state index in [4.69, 9.17) is 9.72 Å². The van der Waals surface area contributed by atoms with Gasteiger partial charge in [-0.25, -0.2) is 4.98 Å². The average Bonchev–Trinajstić information content (AvgIpc) is 3.75. The minimum absolute atomic E-state index is 0. The van der Waals surface area contributed by atoms with E-state index in [-0.39, 0.29) is 28.0 Å². The molecule has 0 spiro atoms. The van der Waals surface area contributed by atoms with Gasteiger partial charge in [0, 0.05) is 52.5 Å². The second-order valence-corrected chi connectivity index (χ2v) is 18.0. The van der Waals surface area contributed by atoms with Gasteiger partial charge in [-0.05, 0) is 47.5 Å². The zero-order valence-electron chi connectivity index (χ0n) is 29.0. The van der Waals surface area contributed by atoms with Gasteiger partial charge in [-0.15, -0.1) is 35.5 Å². The molecule has 0 saturated carbocycles. The largest absolute Gasteiger partial charge is 0.510 e. The van der Waals surface area contributed by atoms with Gasteiger partial charge in [-0.1, -0.05) is 121 Å². The van der Waals surface area contributed by atoms with Crippen LogP contribution in [0.1, 0.15) is 0 Å². The molecule has 10 rings (SSSR count).